The maximum Gasteiger partial charge on any atom is 0.305 e. The predicted octanol–water partition coefficient (Wildman–Crippen LogP) is 13.6. The third kappa shape index (κ3) is 25.1. The summed E-state index contributed by atoms with van der Waals surface area (Å²) in [5.41, 5.74) is -0.448. The van der Waals surface area contributed by atoms with Crippen molar-refractivity contribution in [3.05, 3.63) is 0 Å². The number of ether oxygens (including phenoxy) is 2. The number of carbonyl (C=O) groups excluding carboxylic acids is 2. The molecular formula is C47H86N2O4. The first kappa shape index (κ1) is 47.4. The van der Waals surface area contributed by atoms with Crippen molar-refractivity contribution in [3.8, 4) is 0 Å². The first-order valence-electron chi connectivity index (χ1n) is 22.9. The zero-order valence-corrected chi connectivity index (χ0v) is 35.9. The molecule has 53 heavy (non-hydrogen) atoms. The molecule has 6 heteroatoms. The fourth-order valence-electron chi connectivity index (χ4n) is 8.06. The van der Waals surface area contributed by atoms with Crippen molar-refractivity contribution in [2.45, 2.75) is 240 Å². The van der Waals surface area contributed by atoms with E-state index >= 15 is 0 Å². The summed E-state index contributed by atoms with van der Waals surface area (Å²) < 4.78 is 11.3. The molecule has 0 N–H and O–H groups in total. The molecule has 0 heterocycles. The van der Waals surface area contributed by atoms with Gasteiger partial charge in [-0.1, -0.05) is 144 Å². The van der Waals surface area contributed by atoms with Crippen molar-refractivity contribution in [1.82, 2.24) is 0 Å². The SMILES string of the molecule is CCCCCCCCCCCC(=O)OCC(C)(C)C=NC1CCC(CC2CCC(N=CC(C)(C)COC(=O)CCCCCCCCCCC)CC2)CC1. The van der Waals surface area contributed by atoms with Crippen LogP contribution in [0.15, 0.2) is 9.98 Å². The molecule has 0 aromatic rings. The largest absolute Gasteiger partial charge is 0.465 e. The number of carbonyl (C=O) groups is 2. The summed E-state index contributed by atoms with van der Waals surface area (Å²) in [7, 11) is 0. The van der Waals surface area contributed by atoms with Gasteiger partial charge < -0.3 is 9.47 Å². The van der Waals surface area contributed by atoms with Crippen molar-refractivity contribution < 1.29 is 19.1 Å². The minimum Gasteiger partial charge on any atom is -0.465 e. The summed E-state index contributed by atoms with van der Waals surface area (Å²) in [6.45, 7) is 13.9. The number of aliphatic imine (C=N–C) groups is 2. The van der Waals surface area contributed by atoms with E-state index in [1.165, 1.54) is 148 Å². The molecule has 0 spiro atoms. The molecule has 0 saturated heterocycles. The molecule has 0 bridgehead atoms. The molecule has 0 aromatic carbocycles. The van der Waals surface area contributed by atoms with Gasteiger partial charge in [0, 0.05) is 48.2 Å². The Morgan fingerprint density at radius 1 is 0.491 bits per heavy atom. The van der Waals surface area contributed by atoms with E-state index in [-0.39, 0.29) is 22.8 Å². The molecular weight excluding hydrogens is 657 g/mol. The molecule has 6 nitrogen and oxygen atoms in total. The summed E-state index contributed by atoms with van der Waals surface area (Å²) >= 11 is 0. The smallest absolute Gasteiger partial charge is 0.305 e. The molecule has 0 amide bonds. The van der Waals surface area contributed by atoms with Crippen LogP contribution in [0.3, 0.4) is 0 Å². The zero-order chi connectivity index (χ0) is 38.6. The highest BCUT2D eigenvalue weighted by Gasteiger charge is 2.28. The van der Waals surface area contributed by atoms with E-state index in [0.717, 1.165) is 37.5 Å². The average molecular weight is 743 g/mol. The van der Waals surface area contributed by atoms with Crippen LogP contribution >= 0.6 is 0 Å². The topological polar surface area (TPSA) is 77.3 Å². The maximum atomic E-state index is 12.3. The van der Waals surface area contributed by atoms with Gasteiger partial charge in [0.05, 0.1) is 0 Å². The lowest BCUT2D eigenvalue weighted by atomic mass is 9.76. The fraction of sp³-hybridized carbons (Fsp3) is 0.915. The Bertz CT molecular complexity index is 911. The molecule has 2 fully saturated rings. The lowest BCUT2D eigenvalue weighted by Crippen LogP contribution is -2.26. The number of hydrogen-bond donors (Lipinski definition) is 0. The fourth-order valence-corrected chi connectivity index (χ4v) is 8.06. The van der Waals surface area contributed by atoms with Gasteiger partial charge in [-0.15, -0.1) is 0 Å². The zero-order valence-electron chi connectivity index (χ0n) is 35.9. The average Bonchev–Trinajstić information content (AvgIpc) is 3.14. The predicted molar refractivity (Wildman–Crippen MR) is 226 cm³/mol. The quantitative estimate of drug-likeness (QED) is 0.0417. The van der Waals surface area contributed by atoms with Crippen molar-refractivity contribution in [3.63, 3.8) is 0 Å². The second-order valence-corrected chi connectivity index (χ2v) is 18.6. The van der Waals surface area contributed by atoms with Gasteiger partial charge in [-0.05, 0) is 82.5 Å². The highest BCUT2D eigenvalue weighted by Crippen LogP contribution is 2.37. The van der Waals surface area contributed by atoms with Gasteiger partial charge in [0.1, 0.15) is 13.2 Å². The van der Waals surface area contributed by atoms with Crippen LogP contribution in [0.25, 0.3) is 0 Å². The van der Waals surface area contributed by atoms with Crippen LogP contribution in [0.5, 0.6) is 0 Å². The number of unbranched alkanes of at least 4 members (excludes halogenated alkanes) is 16. The van der Waals surface area contributed by atoms with Crippen LogP contribution in [-0.2, 0) is 19.1 Å². The minimum atomic E-state index is -0.224. The molecule has 308 valence electrons. The molecule has 2 rings (SSSR count). The first-order chi connectivity index (χ1) is 25.5. The first-order valence-corrected chi connectivity index (χ1v) is 22.9. The van der Waals surface area contributed by atoms with Crippen molar-refractivity contribution in [2.75, 3.05) is 13.2 Å². The van der Waals surface area contributed by atoms with Crippen LogP contribution < -0.4 is 0 Å². The highest BCUT2D eigenvalue weighted by atomic mass is 16.5. The van der Waals surface area contributed by atoms with E-state index in [2.05, 4.69) is 54.0 Å². The minimum absolute atomic E-state index is 0.0584. The molecule has 2 aliphatic rings. The van der Waals surface area contributed by atoms with Crippen LogP contribution in [0, 0.1) is 22.7 Å². The third-order valence-electron chi connectivity index (χ3n) is 11.7. The summed E-state index contributed by atoms with van der Waals surface area (Å²) in [5, 5.41) is 0. The van der Waals surface area contributed by atoms with Crippen molar-refractivity contribution in [1.29, 1.82) is 0 Å². The van der Waals surface area contributed by atoms with Gasteiger partial charge >= 0.3 is 11.9 Å². The number of rotatable bonds is 30. The highest BCUT2D eigenvalue weighted by molar-refractivity contribution is 5.71. The van der Waals surface area contributed by atoms with Gasteiger partial charge in [-0.25, -0.2) is 0 Å². The van der Waals surface area contributed by atoms with Crippen LogP contribution in [0.2, 0.25) is 0 Å². The van der Waals surface area contributed by atoms with E-state index in [1.807, 2.05) is 0 Å². The van der Waals surface area contributed by atoms with Gasteiger partial charge in [0.15, 0.2) is 0 Å². The standard InChI is InChI=1S/C47H86N2O4/c1-7-9-11-13-15-17-19-21-23-25-44(50)52-38-46(3,4)36-48-42-31-27-40(28-32-42)35-41-29-33-43(34-30-41)49-37-47(5,6)39-53-45(51)26-24-22-20-18-16-14-12-10-8-2/h36-37,40-43H,7-35,38-39H2,1-6H3. The van der Waals surface area contributed by atoms with E-state index in [4.69, 9.17) is 19.5 Å². The number of nitrogens with zero attached hydrogens (tertiary/aromatic N) is 2. The second kappa shape index (κ2) is 28.7. The van der Waals surface area contributed by atoms with Gasteiger partial charge in [-0.2, -0.15) is 0 Å². The second-order valence-electron chi connectivity index (χ2n) is 18.6. The number of hydrogen-bond acceptors (Lipinski definition) is 6. The Hall–Kier alpha value is -1.72. The monoisotopic (exact) mass is 743 g/mol. The number of esters is 2. The van der Waals surface area contributed by atoms with E-state index in [1.54, 1.807) is 0 Å². The summed E-state index contributed by atoms with van der Waals surface area (Å²) in [6, 6.07) is 0.816. The normalized spacial score (nSPS) is 21.4. The molecule has 2 aliphatic carbocycles. The van der Waals surface area contributed by atoms with Gasteiger partial charge in [-0.3, -0.25) is 19.6 Å². The van der Waals surface area contributed by atoms with Crippen LogP contribution in [-0.4, -0.2) is 49.7 Å². The van der Waals surface area contributed by atoms with E-state index < -0.39 is 0 Å². The van der Waals surface area contributed by atoms with E-state index in [0.29, 0.717) is 38.1 Å². The third-order valence-corrected chi connectivity index (χ3v) is 11.7. The van der Waals surface area contributed by atoms with Crippen LogP contribution in [0.4, 0.5) is 0 Å². The molecule has 0 aliphatic heterocycles. The summed E-state index contributed by atoms with van der Waals surface area (Å²) in [4.78, 5) is 34.6. The molecule has 0 aromatic heterocycles. The molecule has 0 atom stereocenters. The van der Waals surface area contributed by atoms with E-state index in [9.17, 15) is 9.59 Å². The maximum absolute atomic E-state index is 12.3. The Kier molecular flexibility index (Phi) is 25.6. The Balaban J connectivity index is 1.52. The van der Waals surface area contributed by atoms with Crippen LogP contribution in [0.1, 0.15) is 228 Å². The molecule has 0 unspecified atom stereocenters. The molecule has 2 saturated carbocycles. The Labute approximate surface area is 328 Å². The van der Waals surface area contributed by atoms with Gasteiger partial charge in [0.2, 0.25) is 0 Å². The summed E-state index contributed by atoms with van der Waals surface area (Å²) in [6.07, 6.45) is 39.0. The lowest BCUT2D eigenvalue weighted by molar-refractivity contribution is -0.146. The van der Waals surface area contributed by atoms with Gasteiger partial charge in [0.25, 0.3) is 0 Å². The lowest BCUT2D eigenvalue weighted by Gasteiger charge is -2.33. The molecule has 0 radical (unpaired) electrons. The Morgan fingerprint density at radius 2 is 0.792 bits per heavy atom. The van der Waals surface area contributed by atoms with Crippen molar-refractivity contribution in [2.24, 2.45) is 32.7 Å². The van der Waals surface area contributed by atoms with Crippen molar-refractivity contribution >= 4 is 24.4 Å². The summed E-state index contributed by atoms with van der Waals surface area (Å²) in [5.74, 6) is 1.53. The Morgan fingerprint density at radius 3 is 1.11 bits per heavy atom.